The molecule has 0 spiro atoms. The molecule has 5 nitrogen and oxygen atoms in total. The number of hydrogen-bond acceptors (Lipinski definition) is 4. The van der Waals surface area contributed by atoms with Crippen LogP contribution in [-0.4, -0.2) is 64.6 Å². The van der Waals surface area contributed by atoms with Crippen LogP contribution in [0.5, 0.6) is 0 Å². The normalized spacial score (nSPS) is 23.0. The van der Waals surface area contributed by atoms with Crippen LogP contribution in [0.15, 0.2) is 48.7 Å². The van der Waals surface area contributed by atoms with Gasteiger partial charge < -0.3 is 10.0 Å². The van der Waals surface area contributed by atoms with Crippen LogP contribution in [0.25, 0.3) is 0 Å². The maximum atomic E-state index is 14.6. The van der Waals surface area contributed by atoms with Gasteiger partial charge in [0, 0.05) is 38.2 Å². The second-order valence-corrected chi connectivity index (χ2v) is 12.2. The lowest BCUT2D eigenvalue weighted by Crippen LogP contribution is -2.48. The number of carbonyl (C=O) groups is 1. The van der Waals surface area contributed by atoms with Crippen molar-refractivity contribution in [3.63, 3.8) is 0 Å². The van der Waals surface area contributed by atoms with Gasteiger partial charge in [-0.3, -0.25) is 14.7 Å². The Morgan fingerprint density at radius 3 is 2.45 bits per heavy atom. The van der Waals surface area contributed by atoms with Gasteiger partial charge in [0.2, 0.25) is 0 Å². The molecular weight excluding hydrogens is 491 g/mol. The van der Waals surface area contributed by atoms with E-state index in [0.29, 0.717) is 19.5 Å². The predicted molar refractivity (Wildman–Crippen MR) is 142 cm³/mol. The summed E-state index contributed by atoms with van der Waals surface area (Å²) < 4.78 is 43.3. The second kappa shape index (κ2) is 11.7. The number of carboxylic acid groups (broad SMARTS) is 1. The molecule has 3 unspecified atom stereocenters. The zero-order valence-corrected chi connectivity index (χ0v) is 22.6. The fourth-order valence-corrected chi connectivity index (χ4v) is 6.37. The zero-order chi connectivity index (χ0) is 27.5. The highest BCUT2D eigenvalue weighted by molar-refractivity contribution is 5.74. The smallest absolute Gasteiger partial charge is 0.321 e. The van der Waals surface area contributed by atoms with Gasteiger partial charge in [-0.25, -0.2) is 4.39 Å². The van der Waals surface area contributed by atoms with Crippen molar-refractivity contribution < 1.29 is 23.1 Å². The van der Waals surface area contributed by atoms with Crippen LogP contribution >= 0.6 is 0 Å². The number of carboxylic acids is 1. The minimum Gasteiger partial charge on any atom is -0.480 e. The molecule has 8 heteroatoms. The molecule has 0 saturated carbocycles. The number of pyridine rings is 1. The first-order valence-electron chi connectivity index (χ1n) is 13.7. The number of aromatic nitrogens is 1. The van der Waals surface area contributed by atoms with Crippen LogP contribution in [0.3, 0.4) is 0 Å². The maximum Gasteiger partial charge on any atom is 0.321 e. The van der Waals surface area contributed by atoms with Gasteiger partial charge >= 0.3 is 5.97 Å². The minimum atomic E-state index is -2.92. The van der Waals surface area contributed by atoms with Crippen molar-refractivity contribution in [2.75, 3.05) is 32.7 Å². The predicted octanol–water partition coefficient (Wildman–Crippen LogP) is 6.02. The quantitative estimate of drug-likeness (QED) is 0.429. The van der Waals surface area contributed by atoms with Gasteiger partial charge in [-0.2, -0.15) is 8.78 Å². The molecule has 0 bridgehead atoms. The molecule has 3 atom stereocenters. The van der Waals surface area contributed by atoms with Gasteiger partial charge in [0.1, 0.15) is 17.6 Å². The monoisotopic (exact) mass is 531 g/mol. The van der Waals surface area contributed by atoms with E-state index in [2.05, 4.69) is 14.8 Å². The summed E-state index contributed by atoms with van der Waals surface area (Å²) in [4.78, 5) is 20.5. The van der Waals surface area contributed by atoms with Crippen LogP contribution in [0.4, 0.5) is 13.2 Å². The van der Waals surface area contributed by atoms with Crippen molar-refractivity contribution in [2.24, 2.45) is 17.3 Å². The van der Waals surface area contributed by atoms with Crippen LogP contribution in [-0.2, 0) is 10.7 Å². The fourth-order valence-electron chi connectivity index (χ4n) is 6.37. The highest BCUT2D eigenvalue weighted by Crippen LogP contribution is 2.39. The lowest BCUT2D eigenvalue weighted by molar-refractivity contribution is -0.147. The molecule has 1 N–H and O–H groups in total. The third-order valence-corrected chi connectivity index (χ3v) is 8.27. The lowest BCUT2D eigenvalue weighted by Gasteiger charge is -2.36. The van der Waals surface area contributed by atoms with Gasteiger partial charge in [0.05, 0.1) is 0 Å². The molecule has 1 aromatic carbocycles. The summed E-state index contributed by atoms with van der Waals surface area (Å²) in [6.45, 7) is 9.47. The topological polar surface area (TPSA) is 56.7 Å². The molecule has 2 aliphatic rings. The van der Waals surface area contributed by atoms with Crippen molar-refractivity contribution in [3.8, 4) is 0 Å². The van der Waals surface area contributed by atoms with Gasteiger partial charge in [0.25, 0.3) is 5.92 Å². The SMILES string of the molecule is CC(C)(C)C(C(=O)O)N1CC(CN2CCC(CCC(F)(F)c3ccccn3)CC2)C(c2cccc(F)c2)C1. The van der Waals surface area contributed by atoms with Gasteiger partial charge in [0.15, 0.2) is 0 Å². The van der Waals surface area contributed by atoms with E-state index < -0.39 is 23.3 Å². The molecule has 0 amide bonds. The number of hydrogen-bond donors (Lipinski definition) is 1. The van der Waals surface area contributed by atoms with E-state index in [0.717, 1.165) is 38.0 Å². The highest BCUT2D eigenvalue weighted by atomic mass is 19.3. The summed E-state index contributed by atoms with van der Waals surface area (Å²) in [6, 6.07) is 10.6. The number of nitrogens with zero attached hydrogens (tertiary/aromatic N) is 3. The largest absolute Gasteiger partial charge is 0.480 e. The van der Waals surface area contributed by atoms with Crippen molar-refractivity contribution in [1.82, 2.24) is 14.8 Å². The molecule has 1 aromatic heterocycles. The van der Waals surface area contributed by atoms with E-state index >= 15 is 0 Å². The number of halogens is 3. The molecule has 4 rings (SSSR count). The van der Waals surface area contributed by atoms with E-state index in [-0.39, 0.29) is 35.7 Å². The van der Waals surface area contributed by atoms with E-state index in [1.165, 1.54) is 18.3 Å². The third kappa shape index (κ3) is 6.94. The first-order valence-corrected chi connectivity index (χ1v) is 13.7. The molecule has 2 aromatic rings. The highest BCUT2D eigenvalue weighted by Gasteiger charge is 2.44. The Morgan fingerprint density at radius 1 is 1.11 bits per heavy atom. The summed E-state index contributed by atoms with van der Waals surface area (Å²) in [6.07, 6.45) is 3.39. The molecule has 2 saturated heterocycles. The van der Waals surface area contributed by atoms with Gasteiger partial charge in [-0.1, -0.05) is 39.0 Å². The van der Waals surface area contributed by atoms with Crippen LogP contribution in [0, 0.1) is 23.1 Å². The van der Waals surface area contributed by atoms with E-state index in [1.54, 1.807) is 24.3 Å². The number of alkyl halides is 2. The molecule has 0 aliphatic carbocycles. The van der Waals surface area contributed by atoms with Crippen molar-refractivity contribution in [3.05, 3.63) is 65.7 Å². The summed E-state index contributed by atoms with van der Waals surface area (Å²) in [5.74, 6) is -3.60. The van der Waals surface area contributed by atoms with Gasteiger partial charge in [-0.15, -0.1) is 0 Å². The first-order chi connectivity index (χ1) is 17.9. The number of piperidine rings is 1. The summed E-state index contributed by atoms with van der Waals surface area (Å²) >= 11 is 0. The summed E-state index contributed by atoms with van der Waals surface area (Å²) in [5.41, 5.74) is 0.298. The Morgan fingerprint density at radius 2 is 1.84 bits per heavy atom. The number of rotatable bonds is 9. The van der Waals surface area contributed by atoms with Crippen LogP contribution < -0.4 is 0 Å². The van der Waals surface area contributed by atoms with E-state index in [9.17, 15) is 23.1 Å². The van der Waals surface area contributed by atoms with Crippen molar-refractivity contribution >= 4 is 5.97 Å². The Balaban J connectivity index is 1.38. The molecule has 0 radical (unpaired) electrons. The second-order valence-electron chi connectivity index (χ2n) is 12.2. The Hall–Kier alpha value is -2.45. The van der Waals surface area contributed by atoms with Crippen LogP contribution in [0.2, 0.25) is 0 Å². The zero-order valence-electron chi connectivity index (χ0n) is 22.6. The Bertz CT molecular complexity index is 1070. The minimum absolute atomic E-state index is 0.0321. The Kier molecular flexibility index (Phi) is 8.82. The first kappa shape index (κ1) is 28.6. The van der Waals surface area contributed by atoms with Crippen molar-refractivity contribution in [1.29, 1.82) is 0 Å². The molecule has 2 aliphatic heterocycles. The summed E-state index contributed by atoms with van der Waals surface area (Å²) in [5, 5.41) is 10.0. The molecule has 3 heterocycles. The summed E-state index contributed by atoms with van der Waals surface area (Å²) in [7, 11) is 0. The van der Waals surface area contributed by atoms with Crippen molar-refractivity contribution in [2.45, 2.75) is 64.3 Å². The molecule has 38 heavy (non-hydrogen) atoms. The van der Waals surface area contributed by atoms with E-state index in [4.69, 9.17) is 0 Å². The van der Waals surface area contributed by atoms with Crippen LogP contribution in [0.1, 0.15) is 63.6 Å². The fraction of sp³-hybridized carbons (Fsp3) is 0.600. The maximum absolute atomic E-state index is 14.6. The standard InChI is InChI=1S/C30H40F3N3O2/c1-29(2,3)27(28(37)38)36-19-23(25(20-36)22-7-6-8-24(31)17-22)18-35-15-11-21(12-16-35)10-13-30(32,33)26-9-4-5-14-34-26/h4-9,14,17,21,23,25,27H,10-13,15-16,18-20H2,1-3H3,(H,37,38). The Labute approximate surface area is 224 Å². The molecular formula is C30H40F3N3O2. The lowest BCUT2D eigenvalue weighted by atomic mass is 9.85. The van der Waals surface area contributed by atoms with Gasteiger partial charge in [-0.05, 0) is 79.4 Å². The number of aliphatic carboxylic acids is 1. The molecule has 2 fully saturated rings. The van der Waals surface area contributed by atoms with E-state index in [1.807, 2.05) is 26.8 Å². The third-order valence-electron chi connectivity index (χ3n) is 8.27. The average Bonchev–Trinajstić information content (AvgIpc) is 3.25. The molecule has 208 valence electrons. The average molecular weight is 532 g/mol. The number of benzene rings is 1. The number of likely N-dealkylation sites (tertiary alicyclic amines) is 2.